The SMILES string of the molecule is C=C(CC=CBr)C(=O)O. The fourth-order valence-corrected chi connectivity index (χ4v) is 0.461. The quantitative estimate of drug-likeness (QED) is 0.692. The van der Waals surface area contributed by atoms with Gasteiger partial charge in [-0.05, 0) is 11.4 Å². The summed E-state index contributed by atoms with van der Waals surface area (Å²) in [7, 11) is 0. The van der Waals surface area contributed by atoms with Crippen molar-refractivity contribution < 1.29 is 9.90 Å². The molecule has 0 saturated heterocycles. The van der Waals surface area contributed by atoms with E-state index in [9.17, 15) is 4.79 Å². The molecule has 0 aromatic carbocycles. The summed E-state index contributed by atoms with van der Waals surface area (Å²) in [5, 5.41) is 8.26. The van der Waals surface area contributed by atoms with Crippen molar-refractivity contribution in [2.24, 2.45) is 0 Å². The van der Waals surface area contributed by atoms with Crippen molar-refractivity contribution >= 4 is 21.9 Å². The van der Waals surface area contributed by atoms with Crippen molar-refractivity contribution in [1.29, 1.82) is 0 Å². The molecule has 0 radical (unpaired) electrons. The zero-order valence-corrected chi connectivity index (χ0v) is 6.39. The fraction of sp³-hybridized carbons (Fsp3) is 0.167. The molecule has 0 atom stereocenters. The minimum atomic E-state index is -0.944. The summed E-state index contributed by atoms with van der Waals surface area (Å²) in [4.78, 5) is 11.7. The number of carbonyl (C=O) groups is 1. The average Bonchev–Trinajstić information content (AvgIpc) is 1.82. The van der Waals surface area contributed by atoms with Crippen LogP contribution in [-0.4, -0.2) is 11.1 Å². The highest BCUT2D eigenvalue weighted by molar-refractivity contribution is 9.11. The first-order valence-corrected chi connectivity index (χ1v) is 3.26. The number of allylic oxidation sites excluding steroid dienone is 1. The first kappa shape index (κ1) is 8.43. The van der Waals surface area contributed by atoms with E-state index in [0.717, 1.165) is 0 Å². The minimum absolute atomic E-state index is 0.200. The topological polar surface area (TPSA) is 37.3 Å². The molecule has 0 aliphatic rings. The van der Waals surface area contributed by atoms with Crippen LogP contribution >= 0.6 is 15.9 Å². The van der Waals surface area contributed by atoms with Crippen LogP contribution in [0.4, 0.5) is 0 Å². The van der Waals surface area contributed by atoms with E-state index in [1.807, 2.05) is 0 Å². The Bertz CT molecular complexity index is 149. The summed E-state index contributed by atoms with van der Waals surface area (Å²) in [5.41, 5.74) is 0.200. The molecule has 0 aromatic heterocycles. The maximum Gasteiger partial charge on any atom is 0.331 e. The maximum absolute atomic E-state index is 10.1. The lowest BCUT2D eigenvalue weighted by molar-refractivity contribution is -0.132. The second-order valence-corrected chi connectivity index (χ2v) is 2.00. The minimum Gasteiger partial charge on any atom is -0.478 e. The van der Waals surface area contributed by atoms with E-state index in [1.165, 1.54) is 0 Å². The molecule has 9 heavy (non-hydrogen) atoms. The van der Waals surface area contributed by atoms with Crippen molar-refractivity contribution in [3.05, 3.63) is 23.2 Å². The predicted octanol–water partition coefficient (Wildman–Crippen LogP) is 1.93. The number of halogens is 1. The first-order valence-electron chi connectivity index (χ1n) is 2.34. The van der Waals surface area contributed by atoms with Gasteiger partial charge in [0.25, 0.3) is 0 Å². The lowest BCUT2D eigenvalue weighted by atomic mass is 10.2. The monoisotopic (exact) mass is 190 g/mol. The second kappa shape index (κ2) is 4.32. The van der Waals surface area contributed by atoms with E-state index >= 15 is 0 Å². The molecule has 0 bridgehead atoms. The molecule has 0 spiro atoms. The largest absolute Gasteiger partial charge is 0.478 e. The third-order valence-corrected chi connectivity index (χ3v) is 1.13. The van der Waals surface area contributed by atoms with Gasteiger partial charge in [0.1, 0.15) is 0 Å². The van der Waals surface area contributed by atoms with Gasteiger partial charge in [-0.25, -0.2) is 4.79 Å². The Balaban J connectivity index is 3.65. The van der Waals surface area contributed by atoms with Gasteiger partial charge >= 0.3 is 5.97 Å². The van der Waals surface area contributed by atoms with Crippen molar-refractivity contribution in [2.75, 3.05) is 0 Å². The molecule has 0 aromatic rings. The van der Waals surface area contributed by atoms with Gasteiger partial charge in [0, 0.05) is 5.57 Å². The van der Waals surface area contributed by atoms with Gasteiger partial charge < -0.3 is 5.11 Å². The van der Waals surface area contributed by atoms with Gasteiger partial charge in [-0.15, -0.1) is 0 Å². The number of hydrogen-bond acceptors (Lipinski definition) is 1. The normalized spacial score (nSPS) is 9.89. The summed E-state index contributed by atoms with van der Waals surface area (Å²) in [6.45, 7) is 3.32. The molecule has 0 saturated carbocycles. The molecule has 3 heteroatoms. The van der Waals surface area contributed by atoms with Crippen molar-refractivity contribution in [3.8, 4) is 0 Å². The third kappa shape index (κ3) is 3.97. The number of hydrogen-bond donors (Lipinski definition) is 1. The molecule has 0 fully saturated rings. The molecular formula is C6H7BrO2. The predicted molar refractivity (Wildman–Crippen MR) is 39.5 cm³/mol. The Kier molecular flexibility index (Phi) is 4.05. The molecule has 1 N–H and O–H groups in total. The Morgan fingerprint density at radius 1 is 1.78 bits per heavy atom. The molecule has 0 aliphatic carbocycles. The lowest BCUT2D eigenvalue weighted by Crippen LogP contribution is -1.96. The van der Waals surface area contributed by atoms with Crippen LogP contribution < -0.4 is 0 Å². The zero-order chi connectivity index (χ0) is 7.28. The summed E-state index contributed by atoms with van der Waals surface area (Å²) in [6, 6.07) is 0. The lowest BCUT2D eigenvalue weighted by Gasteiger charge is -1.89. The van der Waals surface area contributed by atoms with Gasteiger partial charge in [-0.3, -0.25) is 0 Å². The molecule has 2 nitrogen and oxygen atoms in total. The van der Waals surface area contributed by atoms with E-state index in [4.69, 9.17) is 5.11 Å². The zero-order valence-electron chi connectivity index (χ0n) is 4.80. The molecule has 0 unspecified atom stereocenters. The van der Waals surface area contributed by atoms with E-state index in [-0.39, 0.29) is 5.57 Å². The summed E-state index contributed by atoms with van der Waals surface area (Å²) < 4.78 is 0. The Morgan fingerprint density at radius 3 is 2.67 bits per heavy atom. The van der Waals surface area contributed by atoms with E-state index in [2.05, 4.69) is 22.5 Å². The highest BCUT2D eigenvalue weighted by Gasteiger charge is 1.98. The van der Waals surface area contributed by atoms with E-state index in [1.54, 1.807) is 11.1 Å². The summed E-state index contributed by atoms with van der Waals surface area (Å²) >= 11 is 3.01. The van der Waals surface area contributed by atoms with Crippen LogP contribution in [0.1, 0.15) is 6.42 Å². The summed E-state index contributed by atoms with van der Waals surface area (Å²) in [6.07, 6.45) is 2.07. The molecule has 0 rings (SSSR count). The first-order chi connectivity index (χ1) is 4.18. The second-order valence-electron chi connectivity index (χ2n) is 1.47. The molecule has 50 valence electrons. The highest BCUT2D eigenvalue weighted by atomic mass is 79.9. The number of carboxylic acids is 1. The van der Waals surface area contributed by atoms with Gasteiger partial charge in [0.15, 0.2) is 0 Å². The fourth-order valence-electron chi connectivity index (χ4n) is 0.274. The highest BCUT2D eigenvalue weighted by Crippen LogP contribution is 1.99. The van der Waals surface area contributed by atoms with Crippen LogP contribution in [0, 0.1) is 0 Å². The van der Waals surface area contributed by atoms with Crippen LogP contribution in [0.2, 0.25) is 0 Å². The van der Waals surface area contributed by atoms with E-state index in [0.29, 0.717) is 6.42 Å². The van der Waals surface area contributed by atoms with Crippen LogP contribution in [0.25, 0.3) is 0 Å². The van der Waals surface area contributed by atoms with Crippen LogP contribution in [0.5, 0.6) is 0 Å². The summed E-state index contributed by atoms with van der Waals surface area (Å²) in [5.74, 6) is -0.944. The van der Waals surface area contributed by atoms with Crippen LogP contribution in [0.15, 0.2) is 23.2 Å². The molecule has 0 heterocycles. The standard InChI is InChI=1S/C6H7BrO2/c1-5(6(8)9)3-2-4-7/h2,4H,1,3H2,(H,8,9). The smallest absolute Gasteiger partial charge is 0.331 e. The number of aliphatic carboxylic acids is 1. The van der Waals surface area contributed by atoms with Gasteiger partial charge in [-0.1, -0.05) is 28.6 Å². The molecule has 0 amide bonds. The van der Waals surface area contributed by atoms with Crippen LogP contribution in [-0.2, 0) is 4.79 Å². The van der Waals surface area contributed by atoms with Crippen LogP contribution in [0.3, 0.4) is 0 Å². The Hall–Kier alpha value is -0.570. The van der Waals surface area contributed by atoms with E-state index < -0.39 is 5.97 Å². The Labute approximate surface area is 62.0 Å². The molecule has 0 aliphatic heterocycles. The van der Waals surface area contributed by atoms with Crippen molar-refractivity contribution in [1.82, 2.24) is 0 Å². The average molecular weight is 191 g/mol. The van der Waals surface area contributed by atoms with Crippen molar-refractivity contribution in [3.63, 3.8) is 0 Å². The molecular weight excluding hydrogens is 184 g/mol. The van der Waals surface area contributed by atoms with Gasteiger partial charge in [0.2, 0.25) is 0 Å². The number of carboxylic acid groups (broad SMARTS) is 1. The van der Waals surface area contributed by atoms with Gasteiger partial charge in [-0.2, -0.15) is 0 Å². The van der Waals surface area contributed by atoms with Crippen molar-refractivity contribution in [2.45, 2.75) is 6.42 Å². The third-order valence-electron chi connectivity index (χ3n) is 0.756. The maximum atomic E-state index is 10.1. The van der Waals surface area contributed by atoms with Gasteiger partial charge in [0.05, 0.1) is 0 Å². The number of rotatable bonds is 3. The Morgan fingerprint density at radius 2 is 2.33 bits per heavy atom.